The van der Waals surface area contributed by atoms with E-state index in [1.165, 1.54) is 0 Å². The van der Waals surface area contributed by atoms with Crippen LogP contribution in [0.2, 0.25) is 0 Å². The molecule has 0 saturated heterocycles. The highest BCUT2D eigenvalue weighted by Crippen LogP contribution is 2.30. The lowest BCUT2D eigenvalue weighted by atomic mass is 9.91. The molecule has 4 nitrogen and oxygen atoms in total. The average molecular weight is 207 g/mol. The number of carbonyl (C=O) groups is 2. The summed E-state index contributed by atoms with van der Waals surface area (Å²) in [5.41, 5.74) is 1.34. The van der Waals surface area contributed by atoms with Crippen LogP contribution in [0.4, 0.5) is 0 Å². The second-order valence-electron chi connectivity index (χ2n) is 3.95. The molecule has 80 valence electrons. The summed E-state index contributed by atoms with van der Waals surface area (Å²) in [6, 6.07) is 0. The maximum Gasteiger partial charge on any atom is 0.265 e. The van der Waals surface area contributed by atoms with Gasteiger partial charge in [-0.15, -0.1) is 0 Å². The molecule has 0 bridgehead atoms. The average Bonchev–Trinajstić information content (AvgIpc) is 2.20. The normalized spacial score (nSPS) is 30.0. The van der Waals surface area contributed by atoms with Crippen LogP contribution in [0, 0.1) is 5.92 Å². The van der Waals surface area contributed by atoms with E-state index in [1.54, 1.807) is 13.0 Å². The number of amides is 1. The number of hydrogen-bond donors (Lipinski definition) is 1. The lowest BCUT2D eigenvalue weighted by Gasteiger charge is -2.30. The SMILES string of the molecule is CC1CC2=C(C=C1C=O)NC(=O)C(C)O2. The highest BCUT2D eigenvalue weighted by Gasteiger charge is 2.29. The van der Waals surface area contributed by atoms with E-state index in [1.807, 2.05) is 6.92 Å². The van der Waals surface area contributed by atoms with Crippen LogP contribution < -0.4 is 5.32 Å². The lowest BCUT2D eigenvalue weighted by Crippen LogP contribution is -2.40. The molecule has 0 aromatic rings. The van der Waals surface area contributed by atoms with Crippen molar-refractivity contribution in [3.8, 4) is 0 Å². The molecule has 2 rings (SSSR count). The van der Waals surface area contributed by atoms with E-state index in [0.29, 0.717) is 17.7 Å². The number of rotatable bonds is 1. The summed E-state index contributed by atoms with van der Waals surface area (Å²) >= 11 is 0. The second-order valence-corrected chi connectivity index (χ2v) is 3.95. The van der Waals surface area contributed by atoms with Crippen molar-refractivity contribution in [3.63, 3.8) is 0 Å². The van der Waals surface area contributed by atoms with E-state index < -0.39 is 6.10 Å². The molecule has 15 heavy (non-hydrogen) atoms. The molecule has 1 amide bonds. The first-order valence-corrected chi connectivity index (χ1v) is 4.99. The molecule has 0 aromatic carbocycles. The Morgan fingerprint density at radius 1 is 1.53 bits per heavy atom. The van der Waals surface area contributed by atoms with Gasteiger partial charge in [-0.1, -0.05) is 6.92 Å². The number of allylic oxidation sites excluding steroid dienone is 3. The summed E-state index contributed by atoms with van der Waals surface area (Å²) in [4.78, 5) is 22.1. The van der Waals surface area contributed by atoms with Crippen molar-refractivity contribution in [2.24, 2.45) is 5.92 Å². The van der Waals surface area contributed by atoms with E-state index in [2.05, 4.69) is 5.32 Å². The molecule has 2 unspecified atom stereocenters. The van der Waals surface area contributed by atoms with Gasteiger partial charge in [0.2, 0.25) is 0 Å². The van der Waals surface area contributed by atoms with Gasteiger partial charge < -0.3 is 10.1 Å². The molecule has 0 saturated carbocycles. The minimum Gasteiger partial charge on any atom is -0.483 e. The van der Waals surface area contributed by atoms with Crippen LogP contribution in [0.1, 0.15) is 20.3 Å². The van der Waals surface area contributed by atoms with Gasteiger partial charge in [0.05, 0.1) is 5.70 Å². The van der Waals surface area contributed by atoms with Gasteiger partial charge in [-0.3, -0.25) is 9.59 Å². The van der Waals surface area contributed by atoms with Gasteiger partial charge in [-0.2, -0.15) is 0 Å². The number of ether oxygens (including phenoxy) is 1. The smallest absolute Gasteiger partial charge is 0.265 e. The van der Waals surface area contributed by atoms with Crippen molar-refractivity contribution in [2.45, 2.75) is 26.4 Å². The molecular weight excluding hydrogens is 194 g/mol. The molecule has 4 heteroatoms. The molecule has 2 aliphatic rings. The molecule has 0 spiro atoms. The fraction of sp³-hybridized carbons (Fsp3) is 0.455. The monoisotopic (exact) mass is 207 g/mol. The largest absolute Gasteiger partial charge is 0.483 e. The highest BCUT2D eigenvalue weighted by molar-refractivity contribution is 5.85. The van der Waals surface area contributed by atoms with Crippen molar-refractivity contribution < 1.29 is 14.3 Å². The van der Waals surface area contributed by atoms with Crippen molar-refractivity contribution in [2.75, 3.05) is 0 Å². The molecule has 0 aromatic heterocycles. The Hall–Kier alpha value is -1.58. The van der Waals surface area contributed by atoms with E-state index in [0.717, 1.165) is 12.0 Å². The summed E-state index contributed by atoms with van der Waals surface area (Å²) in [7, 11) is 0. The Bertz CT molecular complexity index is 381. The van der Waals surface area contributed by atoms with Crippen LogP contribution in [-0.2, 0) is 14.3 Å². The number of nitrogens with one attached hydrogen (secondary N) is 1. The van der Waals surface area contributed by atoms with Crippen molar-refractivity contribution in [1.29, 1.82) is 0 Å². The lowest BCUT2D eigenvalue weighted by molar-refractivity contribution is -0.131. The standard InChI is InChI=1S/C11H13NO3/c1-6-3-10-9(4-8(6)5-13)12-11(14)7(2)15-10/h4-7H,3H2,1-2H3,(H,12,14). The quantitative estimate of drug-likeness (QED) is 0.650. The fourth-order valence-corrected chi connectivity index (χ4v) is 1.76. The zero-order valence-corrected chi connectivity index (χ0v) is 8.74. The number of hydrogen-bond acceptors (Lipinski definition) is 3. The molecule has 1 heterocycles. The van der Waals surface area contributed by atoms with Crippen LogP contribution in [0.25, 0.3) is 0 Å². The van der Waals surface area contributed by atoms with E-state index in [4.69, 9.17) is 4.74 Å². The first kappa shape index (κ1) is 9.96. The minimum absolute atomic E-state index is 0.156. The summed E-state index contributed by atoms with van der Waals surface area (Å²) in [5, 5.41) is 2.73. The van der Waals surface area contributed by atoms with E-state index >= 15 is 0 Å². The Morgan fingerprint density at radius 2 is 2.27 bits per heavy atom. The van der Waals surface area contributed by atoms with Gasteiger partial charge >= 0.3 is 0 Å². The summed E-state index contributed by atoms with van der Waals surface area (Å²) < 4.78 is 5.47. The summed E-state index contributed by atoms with van der Waals surface area (Å²) in [5.74, 6) is 0.772. The number of carbonyl (C=O) groups excluding carboxylic acids is 2. The summed E-state index contributed by atoms with van der Waals surface area (Å²) in [6.45, 7) is 3.68. The van der Waals surface area contributed by atoms with E-state index in [-0.39, 0.29) is 11.8 Å². The van der Waals surface area contributed by atoms with Crippen LogP contribution in [0.3, 0.4) is 0 Å². The van der Waals surface area contributed by atoms with Gasteiger partial charge in [0.15, 0.2) is 6.10 Å². The minimum atomic E-state index is -0.442. The first-order chi connectivity index (χ1) is 7.11. The second kappa shape index (κ2) is 3.53. The molecule has 1 aliphatic carbocycles. The predicted octanol–water partition coefficient (Wildman–Crippen LogP) is 0.898. The van der Waals surface area contributed by atoms with Gasteiger partial charge in [-0.05, 0) is 24.5 Å². The third-order valence-corrected chi connectivity index (χ3v) is 2.75. The highest BCUT2D eigenvalue weighted by atomic mass is 16.5. The predicted molar refractivity (Wildman–Crippen MR) is 53.6 cm³/mol. The van der Waals surface area contributed by atoms with Crippen LogP contribution in [0.5, 0.6) is 0 Å². The van der Waals surface area contributed by atoms with Crippen LogP contribution >= 0.6 is 0 Å². The zero-order chi connectivity index (χ0) is 11.0. The molecular formula is C11H13NO3. The van der Waals surface area contributed by atoms with Gasteiger partial charge in [0, 0.05) is 6.42 Å². The zero-order valence-electron chi connectivity index (χ0n) is 8.74. The van der Waals surface area contributed by atoms with Gasteiger partial charge in [0.1, 0.15) is 12.0 Å². The Morgan fingerprint density at radius 3 is 2.93 bits per heavy atom. The molecule has 2 atom stereocenters. The summed E-state index contributed by atoms with van der Waals surface area (Å²) in [6.07, 6.45) is 2.76. The van der Waals surface area contributed by atoms with Gasteiger partial charge in [0.25, 0.3) is 5.91 Å². The van der Waals surface area contributed by atoms with Crippen molar-refractivity contribution in [3.05, 3.63) is 23.1 Å². The Balaban J connectivity index is 2.33. The Kier molecular flexibility index (Phi) is 2.34. The fourth-order valence-electron chi connectivity index (χ4n) is 1.76. The molecule has 1 aliphatic heterocycles. The van der Waals surface area contributed by atoms with Crippen LogP contribution in [0.15, 0.2) is 23.1 Å². The molecule has 0 radical (unpaired) electrons. The third-order valence-electron chi connectivity index (χ3n) is 2.75. The first-order valence-electron chi connectivity index (χ1n) is 4.99. The maximum absolute atomic E-state index is 11.3. The van der Waals surface area contributed by atoms with Crippen molar-refractivity contribution >= 4 is 12.2 Å². The maximum atomic E-state index is 11.3. The van der Waals surface area contributed by atoms with Crippen molar-refractivity contribution in [1.82, 2.24) is 5.32 Å². The molecule has 1 N–H and O–H groups in total. The molecule has 0 fully saturated rings. The Labute approximate surface area is 88.0 Å². The van der Waals surface area contributed by atoms with Gasteiger partial charge in [-0.25, -0.2) is 0 Å². The topological polar surface area (TPSA) is 55.4 Å². The van der Waals surface area contributed by atoms with E-state index in [9.17, 15) is 9.59 Å². The number of aldehydes is 1. The third kappa shape index (κ3) is 1.67. The van der Waals surface area contributed by atoms with Crippen LogP contribution in [-0.4, -0.2) is 18.3 Å².